The molecule has 0 bridgehead atoms. The molecule has 2 nitrogen and oxygen atoms in total. The number of halogens is 4. The van der Waals surface area contributed by atoms with E-state index in [1.165, 1.54) is 0 Å². The summed E-state index contributed by atoms with van der Waals surface area (Å²) in [6.45, 7) is 2.26. The summed E-state index contributed by atoms with van der Waals surface area (Å²) in [5.74, 6) is 0.120. The van der Waals surface area contributed by atoms with Crippen LogP contribution < -0.4 is 24.1 Å². The summed E-state index contributed by atoms with van der Waals surface area (Å²) >= 11 is 0. The van der Waals surface area contributed by atoms with Crippen LogP contribution >= 0.6 is 0 Å². The molecule has 0 atom stereocenters. The Labute approximate surface area is 90.1 Å². The minimum absolute atomic E-state index is 0. The number of hydrogen-bond donors (Lipinski definition) is 1. The van der Waals surface area contributed by atoms with Crippen molar-refractivity contribution in [1.29, 1.82) is 0 Å². The Kier molecular flexibility index (Phi) is 88.1. The molecule has 0 spiro atoms. The molecule has 1 radical (unpaired) electrons. The first-order chi connectivity index (χ1) is 3.81. The molecule has 83 valence electrons. The van der Waals surface area contributed by atoms with E-state index in [2.05, 4.69) is 5.32 Å². The van der Waals surface area contributed by atoms with Crippen molar-refractivity contribution in [2.45, 2.75) is 6.92 Å². The van der Waals surface area contributed by atoms with Crippen molar-refractivity contribution in [3.63, 3.8) is 0 Å². The van der Waals surface area contributed by atoms with Gasteiger partial charge in [0.2, 0.25) is 0 Å². The molecular formula is C6H11F4NNbO-4. The number of carbonyl (C=O) groups is 1. The van der Waals surface area contributed by atoms with Gasteiger partial charge in [0.05, 0.1) is 6.54 Å². The van der Waals surface area contributed by atoms with E-state index < -0.39 is 0 Å². The summed E-state index contributed by atoms with van der Waals surface area (Å²) in [7, 11) is 1.75. The maximum atomic E-state index is 10.5. The van der Waals surface area contributed by atoms with Gasteiger partial charge in [-0.25, -0.2) is 0 Å². The monoisotopic (exact) mass is 282 g/mol. The normalized spacial score (nSPS) is 6.31. The van der Waals surface area contributed by atoms with E-state index in [0.29, 0.717) is 6.54 Å². The van der Waals surface area contributed by atoms with Crippen molar-refractivity contribution in [3.05, 3.63) is 12.2 Å². The van der Waals surface area contributed by atoms with Gasteiger partial charge in [0.1, 0.15) is 0 Å². The van der Waals surface area contributed by atoms with E-state index in [1.807, 2.05) is 6.92 Å². The zero-order valence-electron chi connectivity index (χ0n) is 7.23. The van der Waals surface area contributed by atoms with Gasteiger partial charge >= 0.3 is 0 Å². The smallest absolute Gasteiger partial charge is 0.169 e. The minimum atomic E-state index is 0. The Hall–Kier alpha value is -0.170. The molecule has 0 unspecified atom stereocenters. The second-order valence-corrected chi connectivity index (χ2v) is 1.50. The van der Waals surface area contributed by atoms with Gasteiger partial charge in [-0.05, 0) is 20.0 Å². The zero-order chi connectivity index (χ0) is 6.41. The third kappa shape index (κ3) is 33.6. The molecule has 0 aromatic heterocycles. The Balaban J connectivity index is -0.0000000245. The first-order valence-corrected chi connectivity index (χ1v) is 2.61. The molecule has 0 amide bonds. The third-order valence-electron chi connectivity index (χ3n) is 0.704. The van der Waals surface area contributed by atoms with Gasteiger partial charge in [0.15, 0.2) is 5.78 Å². The Morgan fingerprint density at radius 2 is 1.62 bits per heavy atom. The molecule has 0 heterocycles. The molecule has 0 saturated heterocycles. The van der Waals surface area contributed by atoms with Crippen LogP contribution in [-0.2, 0) is 27.2 Å². The molecule has 0 aromatic carbocycles. The van der Waals surface area contributed by atoms with Gasteiger partial charge in [-0.2, -0.15) is 0 Å². The van der Waals surface area contributed by atoms with Crippen LogP contribution in [0.15, 0.2) is 12.2 Å². The Morgan fingerprint density at radius 3 is 1.85 bits per heavy atom. The molecule has 0 saturated carbocycles. The first-order valence-electron chi connectivity index (χ1n) is 2.61. The molecular weight excluding hydrogens is 271 g/mol. The molecule has 0 aliphatic rings. The number of allylic oxidation sites excluding steroid dienone is 1. The van der Waals surface area contributed by atoms with E-state index in [4.69, 9.17) is 0 Å². The largest absolute Gasteiger partial charge is 1.00 e. The van der Waals surface area contributed by atoms with Crippen molar-refractivity contribution < 1.29 is 46.0 Å². The average Bonchev–Trinajstić information content (AvgIpc) is 1.68. The average molecular weight is 282 g/mol. The second-order valence-electron chi connectivity index (χ2n) is 1.50. The van der Waals surface area contributed by atoms with Gasteiger partial charge < -0.3 is 24.1 Å². The van der Waals surface area contributed by atoms with Crippen LogP contribution in [0.4, 0.5) is 0 Å². The fraction of sp³-hybridized carbons (Fsp3) is 0.500. The number of ketones is 1. The van der Waals surface area contributed by atoms with Gasteiger partial charge in [0, 0.05) is 22.4 Å². The predicted octanol–water partition coefficient (Wildman–Crippen LogP) is -11.6. The zero-order valence-corrected chi connectivity index (χ0v) is 9.43. The van der Waals surface area contributed by atoms with Crippen LogP contribution in [0, 0.1) is 0 Å². The van der Waals surface area contributed by atoms with Crippen molar-refractivity contribution in [2.24, 2.45) is 0 Å². The van der Waals surface area contributed by atoms with E-state index in [1.54, 1.807) is 19.2 Å². The van der Waals surface area contributed by atoms with Crippen LogP contribution in [0.3, 0.4) is 0 Å². The summed E-state index contributed by atoms with van der Waals surface area (Å²) in [4.78, 5) is 10.5. The second kappa shape index (κ2) is 29.7. The molecule has 1 N–H and O–H groups in total. The van der Waals surface area contributed by atoms with Gasteiger partial charge in [-0.1, -0.05) is 6.08 Å². The van der Waals surface area contributed by atoms with Crippen molar-refractivity contribution in [3.8, 4) is 0 Å². The maximum absolute atomic E-state index is 10.5. The molecule has 0 aliphatic heterocycles. The number of carbonyl (C=O) groups excluding carboxylic acids is 1. The van der Waals surface area contributed by atoms with Crippen molar-refractivity contribution in [1.82, 2.24) is 5.32 Å². The third-order valence-corrected chi connectivity index (χ3v) is 0.704. The van der Waals surface area contributed by atoms with Gasteiger partial charge in [-0.15, -0.1) is 0 Å². The van der Waals surface area contributed by atoms with Crippen molar-refractivity contribution >= 4 is 5.78 Å². The molecule has 13 heavy (non-hydrogen) atoms. The molecule has 0 aliphatic carbocycles. The summed E-state index contributed by atoms with van der Waals surface area (Å²) in [5, 5.41) is 2.75. The van der Waals surface area contributed by atoms with E-state index in [-0.39, 0.29) is 47.0 Å². The topological polar surface area (TPSA) is 29.1 Å². The van der Waals surface area contributed by atoms with Crippen LogP contribution in [0.25, 0.3) is 0 Å². The van der Waals surface area contributed by atoms with E-state index in [0.717, 1.165) is 0 Å². The Bertz CT molecular complexity index is 113. The maximum Gasteiger partial charge on any atom is 0.169 e. The minimum Gasteiger partial charge on any atom is -1.00 e. The summed E-state index contributed by atoms with van der Waals surface area (Å²) in [6, 6.07) is 0. The SMILES string of the molecule is CC=CC(=O)CNC.[F-].[F-].[F-].[F-].[Nb]. The van der Waals surface area contributed by atoms with Gasteiger partial charge in [0.25, 0.3) is 0 Å². The number of hydrogen-bond acceptors (Lipinski definition) is 2. The quantitative estimate of drug-likeness (QED) is 0.316. The summed E-state index contributed by atoms with van der Waals surface area (Å²) < 4.78 is 0. The molecule has 0 aromatic rings. The van der Waals surface area contributed by atoms with Crippen LogP contribution in [0.1, 0.15) is 6.92 Å². The van der Waals surface area contributed by atoms with E-state index in [9.17, 15) is 4.79 Å². The standard InChI is InChI=1S/C6H11NO.4FH.Nb/c1-3-4-6(8)5-7-2;;;;;/h3-4,7H,5H2,1-2H3;4*1H;/p-4. The fourth-order valence-corrected chi connectivity index (χ4v) is 0.419. The first kappa shape index (κ1) is 38.5. The van der Waals surface area contributed by atoms with Crippen LogP contribution in [0.2, 0.25) is 0 Å². The predicted molar refractivity (Wildman–Crippen MR) is 33.7 cm³/mol. The van der Waals surface area contributed by atoms with Crippen LogP contribution in [0.5, 0.6) is 0 Å². The Morgan fingerprint density at radius 1 is 1.23 bits per heavy atom. The summed E-state index contributed by atoms with van der Waals surface area (Å²) in [6.07, 6.45) is 3.29. The molecule has 0 fully saturated rings. The fourth-order valence-electron chi connectivity index (χ4n) is 0.419. The number of nitrogens with one attached hydrogen (secondary N) is 1. The van der Waals surface area contributed by atoms with Crippen molar-refractivity contribution in [2.75, 3.05) is 13.6 Å². The number of likely N-dealkylation sites (N-methyl/N-ethyl adjacent to an activating group) is 1. The van der Waals surface area contributed by atoms with Crippen LogP contribution in [-0.4, -0.2) is 19.4 Å². The molecule has 7 heteroatoms. The number of rotatable bonds is 3. The van der Waals surface area contributed by atoms with Gasteiger partial charge in [-0.3, -0.25) is 4.79 Å². The van der Waals surface area contributed by atoms with E-state index >= 15 is 0 Å². The molecule has 0 rings (SSSR count). The summed E-state index contributed by atoms with van der Waals surface area (Å²) in [5.41, 5.74) is 0.